The van der Waals surface area contributed by atoms with Gasteiger partial charge in [0.05, 0.1) is 25.9 Å². The Morgan fingerprint density at radius 1 is 0.909 bits per heavy atom. The first-order valence-electron chi connectivity index (χ1n) is 11.2. The van der Waals surface area contributed by atoms with E-state index in [1.54, 1.807) is 13.8 Å². The van der Waals surface area contributed by atoms with Crippen LogP contribution in [0.25, 0.3) is 0 Å². The van der Waals surface area contributed by atoms with E-state index in [0.29, 0.717) is 6.42 Å². The Hall–Kier alpha value is -1.91. The summed E-state index contributed by atoms with van der Waals surface area (Å²) in [5.41, 5.74) is 0. The van der Waals surface area contributed by atoms with Crippen LogP contribution < -0.4 is 0 Å². The summed E-state index contributed by atoms with van der Waals surface area (Å²) in [6.45, 7) is 9.58. The summed E-state index contributed by atoms with van der Waals surface area (Å²) in [5.74, 6) is -3.14. The molecule has 0 amide bonds. The molecule has 1 saturated heterocycles. The van der Waals surface area contributed by atoms with Gasteiger partial charge in [-0.25, -0.2) is 9.59 Å². The number of alkyl halides is 1. The number of hydrogen-bond acceptors (Lipinski definition) is 10. The lowest BCUT2D eigenvalue weighted by molar-refractivity contribution is -0.290. The van der Waals surface area contributed by atoms with Crippen molar-refractivity contribution in [3.05, 3.63) is 0 Å². The van der Waals surface area contributed by atoms with Crippen LogP contribution in [0.4, 0.5) is 0 Å². The van der Waals surface area contributed by atoms with Gasteiger partial charge in [-0.2, -0.15) is 0 Å². The smallest absolute Gasteiger partial charge is 0.338 e. The molecule has 10 nitrogen and oxygen atoms in total. The predicted octanol–water partition coefficient (Wildman–Crippen LogP) is 2.52. The molecule has 0 N–H and O–H groups in total. The van der Waals surface area contributed by atoms with Gasteiger partial charge in [0.1, 0.15) is 6.10 Å². The van der Waals surface area contributed by atoms with Crippen molar-refractivity contribution in [1.82, 2.24) is 0 Å². The third-order valence-corrected chi connectivity index (χ3v) is 5.66. The van der Waals surface area contributed by atoms with Crippen molar-refractivity contribution in [2.24, 2.45) is 5.92 Å². The number of ether oxygens (including phenoxy) is 6. The number of hydrogen-bond donors (Lipinski definition) is 0. The molecule has 1 aliphatic heterocycles. The predicted molar refractivity (Wildman–Crippen MR) is 116 cm³/mol. The molecule has 0 radical (unpaired) electrons. The normalized spacial score (nSPS) is 25.1. The first kappa shape index (κ1) is 29.1. The molecule has 0 bridgehead atoms. The van der Waals surface area contributed by atoms with Crippen LogP contribution in [0.15, 0.2) is 0 Å². The monoisotopic (exact) mass is 494 g/mol. The van der Waals surface area contributed by atoms with Crippen LogP contribution in [0, 0.1) is 5.92 Å². The summed E-state index contributed by atoms with van der Waals surface area (Å²) in [7, 11) is 0. The number of rotatable bonds is 12. The van der Waals surface area contributed by atoms with Gasteiger partial charge >= 0.3 is 23.9 Å². The molecule has 5 atom stereocenters. The number of esters is 4. The average molecular weight is 495 g/mol. The molecule has 0 aromatic rings. The molecule has 11 heteroatoms. The lowest BCUT2D eigenvalue weighted by Gasteiger charge is -2.44. The van der Waals surface area contributed by atoms with Crippen LogP contribution in [0.2, 0.25) is 0 Å². The first-order valence-corrected chi connectivity index (χ1v) is 11.5. The topological polar surface area (TPSA) is 124 Å². The largest absolute Gasteiger partial charge is 0.464 e. The van der Waals surface area contributed by atoms with Crippen LogP contribution in [0.5, 0.6) is 0 Å². The summed E-state index contributed by atoms with van der Waals surface area (Å²) in [6, 6.07) is 0. The second kappa shape index (κ2) is 13.7. The lowest BCUT2D eigenvalue weighted by atomic mass is 9.89. The summed E-state index contributed by atoms with van der Waals surface area (Å²) < 4.78 is 32.5. The van der Waals surface area contributed by atoms with E-state index in [4.69, 9.17) is 40.0 Å². The fraction of sp³-hybridized carbons (Fsp3) is 0.818. The fourth-order valence-electron chi connectivity index (χ4n) is 3.62. The second-order valence-corrected chi connectivity index (χ2v) is 8.32. The second-order valence-electron chi connectivity index (χ2n) is 7.67. The molecule has 33 heavy (non-hydrogen) atoms. The van der Waals surface area contributed by atoms with Crippen LogP contribution in [-0.2, 0) is 47.6 Å². The van der Waals surface area contributed by atoms with Crippen LogP contribution >= 0.6 is 11.6 Å². The molecule has 1 aliphatic rings. The van der Waals surface area contributed by atoms with E-state index in [-0.39, 0.29) is 44.7 Å². The van der Waals surface area contributed by atoms with Gasteiger partial charge in [-0.15, -0.1) is 0 Å². The van der Waals surface area contributed by atoms with Gasteiger partial charge < -0.3 is 28.4 Å². The Morgan fingerprint density at radius 3 is 1.88 bits per heavy atom. The van der Waals surface area contributed by atoms with Crippen molar-refractivity contribution >= 4 is 35.5 Å². The van der Waals surface area contributed by atoms with E-state index in [0.717, 1.165) is 0 Å². The molecule has 0 spiro atoms. The van der Waals surface area contributed by atoms with Gasteiger partial charge in [-0.05, 0) is 33.1 Å². The average Bonchev–Trinajstić information content (AvgIpc) is 2.74. The summed E-state index contributed by atoms with van der Waals surface area (Å²) >= 11 is 6.30. The van der Waals surface area contributed by atoms with Crippen molar-refractivity contribution < 1.29 is 47.6 Å². The SMILES string of the molecule is CCOC(=O)C(Cl)(CCCOC1O[C@H](CC)[C@@H](C)[C@H](OC(C)=O)[C@H]1OC(C)=O)C(=O)OCC. The summed E-state index contributed by atoms with van der Waals surface area (Å²) in [5, 5.41) is 0. The number of carbonyl (C=O) groups excluding carboxylic acids is 4. The lowest BCUT2D eigenvalue weighted by Crippen LogP contribution is -2.57. The van der Waals surface area contributed by atoms with E-state index in [9.17, 15) is 19.2 Å². The van der Waals surface area contributed by atoms with Crippen molar-refractivity contribution in [3.8, 4) is 0 Å². The molecule has 0 aromatic carbocycles. The minimum Gasteiger partial charge on any atom is -0.464 e. The molecular formula is C22H35ClO10. The Morgan fingerprint density at radius 2 is 1.42 bits per heavy atom. The van der Waals surface area contributed by atoms with Gasteiger partial charge in [0.2, 0.25) is 4.87 Å². The standard InChI is InChI=1S/C22H35ClO10/c1-7-16-13(4)17(31-14(5)24)18(32-15(6)25)19(33-16)30-12-10-11-22(23,20(26)28-8-2)21(27)29-9-3/h13,16-19H,7-12H2,1-6H3/t13-,16-,17+,18-,19?/m1/s1. The Labute approximate surface area is 199 Å². The fourth-order valence-corrected chi connectivity index (χ4v) is 3.86. The number of carbonyl (C=O) groups is 4. The molecule has 1 fully saturated rings. The van der Waals surface area contributed by atoms with Crippen LogP contribution in [0.3, 0.4) is 0 Å². The minimum atomic E-state index is -2.00. The van der Waals surface area contributed by atoms with E-state index in [1.807, 2.05) is 13.8 Å². The maximum atomic E-state index is 12.3. The zero-order chi connectivity index (χ0) is 25.2. The molecule has 1 unspecified atom stereocenters. The van der Waals surface area contributed by atoms with Gasteiger partial charge in [0.25, 0.3) is 0 Å². The highest BCUT2D eigenvalue weighted by atomic mass is 35.5. The Kier molecular flexibility index (Phi) is 12.1. The maximum Gasteiger partial charge on any atom is 0.338 e. The molecule has 0 aromatic heterocycles. The molecule has 1 heterocycles. The quantitative estimate of drug-likeness (QED) is 0.131. The van der Waals surface area contributed by atoms with Gasteiger partial charge in [0, 0.05) is 19.8 Å². The molecule has 0 saturated carbocycles. The zero-order valence-corrected chi connectivity index (χ0v) is 20.8. The zero-order valence-electron chi connectivity index (χ0n) is 20.1. The van der Waals surface area contributed by atoms with E-state index < -0.39 is 47.2 Å². The molecule has 190 valence electrons. The van der Waals surface area contributed by atoms with Gasteiger partial charge in [0.15, 0.2) is 12.4 Å². The summed E-state index contributed by atoms with van der Waals surface area (Å²) in [6.07, 6.45) is -2.41. The maximum absolute atomic E-state index is 12.3. The first-order chi connectivity index (χ1) is 15.5. The Bertz CT molecular complexity index is 664. The van der Waals surface area contributed by atoms with Gasteiger partial charge in [-0.3, -0.25) is 9.59 Å². The molecule has 1 rings (SSSR count). The van der Waals surface area contributed by atoms with E-state index in [2.05, 4.69) is 0 Å². The minimum absolute atomic E-state index is 0.00726. The third-order valence-electron chi connectivity index (χ3n) is 5.16. The van der Waals surface area contributed by atoms with Gasteiger partial charge in [-0.1, -0.05) is 25.4 Å². The molecular weight excluding hydrogens is 460 g/mol. The highest BCUT2D eigenvalue weighted by Gasteiger charge is 2.49. The Balaban J connectivity index is 2.93. The highest BCUT2D eigenvalue weighted by Crippen LogP contribution is 2.33. The third kappa shape index (κ3) is 8.12. The van der Waals surface area contributed by atoms with Crippen LogP contribution in [0.1, 0.15) is 60.8 Å². The highest BCUT2D eigenvalue weighted by molar-refractivity contribution is 6.44. The van der Waals surface area contributed by atoms with Crippen LogP contribution in [-0.4, -0.2) is 73.2 Å². The summed E-state index contributed by atoms with van der Waals surface area (Å²) in [4.78, 5) is 45.9. The van der Waals surface area contributed by atoms with Crippen molar-refractivity contribution in [2.75, 3.05) is 19.8 Å². The van der Waals surface area contributed by atoms with E-state index >= 15 is 0 Å². The van der Waals surface area contributed by atoms with Crippen molar-refractivity contribution in [2.45, 2.75) is 90.3 Å². The molecule has 0 aliphatic carbocycles. The van der Waals surface area contributed by atoms with Crippen molar-refractivity contribution in [1.29, 1.82) is 0 Å². The number of halogens is 1. The van der Waals surface area contributed by atoms with Crippen molar-refractivity contribution in [3.63, 3.8) is 0 Å². The van der Waals surface area contributed by atoms with E-state index in [1.165, 1.54) is 13.8 Å².